The van der Waals surface area contributed by atoms with E-state index in [2.05, 4.69) is 39.0 Å². The molecule has 250 valence electrons. The summed E-state index contributed by atoms with van der Waals surface area (Å²) in [6.45, 7) is 0.0652. The minimum Gasteiger partial charge on any atom is -0.431 e. The van der Waals surface area contributed by atoms with Crippen molar-refractivity contribution in [3.63, 3.8) is 0 Å². The van der Waals surface area contributed by atoms with Crippen LogP contribution in [0.3, 0.4) is 0 Å². The third-order valence-electron chi connectivity index (χ3n) is 7.60. The van der Waals surface area contributed by atoms with Gasteiger partial charge in [-0.2, -0.15) is 0 Å². The fourth-order valence-corrected chi connectivity index (χ4v) is 5.03. The van der Waals surface area contributed by atoms with Crippen molar-refractivity contribution in [2.75, 3.05) is 19.6 Å². The first-order chi connectivity index (χ1) is 22.5. The molecule has 0 unspecified atom stereocenters. The molecule has 14 nitrogen and oxygen atoms in total. The standard InChI is InChI=1S/C33H39N5O9/c1-4-21-34-28(39)15-18-33(19-16-29(40)35-22-5-2,20-17-30(41)36-23-6-3)37-31(42)24-7-11-26(12-8-24)46-32(43)47-27-13-9-25(10-14-27)38(44)45/h1-3,9-10,13-14,24,26H,7-8,11-12,15-23H2,(H,34,39)(H,35,40)(H,36,41)(H,37,42)/t24-,26-. The average molecular weight is 650 g/mol. The van der Waals surface area contributed by atoms with Gasteiger partial charge in [0.1, 0.15) is 11.9 Å². The lowest BCUT2D eigenvalue weighted by Gasteiger charge is -2.37. The number of hydrogen-bond acceptors (Lipinski definition) is 9. The molecular formula is C33H39N5O9. The molecule has 14 heteroatoms. The van der Waals surface area contributed by atoms with E-state index in [1.807, 2.05) is 0 Å². The number of nitrogens with zero attached hydrogens (tertiary/aromatic N) is 1. The number of nitrogens with one attached hydrogen (secondary N) is 4. The molecule has 4 amide bonds. The SMILES string of the molecule is C#CCNC(=O)CCC(CCC(=O)NCC#C)(CCC(=O)NCC#C)NC(=O)[C@H]1CC[C@H](OC(=O)Oc2ccc([N+](=O)[O-])cc2)CC1. The van der Waals surface area contributed by atoms with Crippen LogP contribution in [0.4, 0.5) is 10.5 Å². The van der Waals surface area contributed by atoms with Crippen molar-refractivity contribution in [1.29, 1.82) is 0 Å². The van der Waals surface area contributed by atoms with Crippen LogP contribution in [0.2, 0.25) is 0 Å². The number of carbonyl (C=O) groups excluding carboxylic acids is 5. The molecule has 0 aromatic heterocycles. The molecule has 4 N–H and O–H groups in total. The smallest absolute Gasteiger partial charge is 0.431 e. The number of ether oxygens (including phenoxy) is 2. The first-order valence-electron chi connectivity index (χ1n) is 15.1. The summed E-state index contributed by atoms with van der Waals surface area (Å²) in [4.78, 5) is 73.6. The summed E-state index contributed by atoms with van der Waals surface area (Å²) < 4.78 is 10.5. The van der Waals surface area contributed by atoms with Gasteiger partial charge in [-0.15, -0.1) is 19.3 Å². The lowest BCUT2D eigenvalue weighted by Crippen LogP contribution is -2.52. The molecule has 0 bridgehead atoms. The average Bonchev–Trinajstić information content (AvgIpc) is 3.06. The summed E-state index contributed by atoms with van der Waals surface area (Å²) in [5.41, 5.74) is -1.27. The van der Waals surface area contributed by atoms with Gasteiger partial charge in [-0.1, -0.05) is 17.8 Å². The van der Waals surface area contributed by atoms with E-state index < -0.39 is 28.6 Å². The maximum absolute atomic E-state index is 13.6. The monoisotopic (exact) mass is 649 g/mol. The zero-order chi connectivity index (χ0) is 34.7. The van der Waals surface area contributed by atoms with Gasteiger partial charge in [0.05, 0.1) is 24.6 Å². The molecule has 1 aliphatic carbocycles. The van der Waals surface area contributed by atoms with Gasteiger partial charge in [0.15, 0.2) is 0 Å². The number of hydrogen-bond donors (Lipinski definition) is 4. The van der Waals surface area contributed by atoms with Gasteiger partial charge in [0.25, 0.3) is 5.69 Å². The van der Waals surface area contributed by atoms with E-state index in [-0.39, 0.29) is 93.2 Å². The Morgan fingerprint density at radius 2 is 1.23 bits per heavy atom. The number of amides is 4. The Labute approximate surface area is 273 Å². The predicted octanol–water partition coefficient (Wildman–Crippen LogP) is 2.11. The molecule has 0 heterocycles. The van der Waals surface area contributed by atoms with Crippen LogP contribution in [-0.2, 0) is 23.9 Å². The van der Waals surface area contributed by atoms with Crippen LogP contribution in [0.15, 0.2) is 24.3 Å². The van der Waals surface area contributed by atoms with E-state index in [1.54, 1.807) is 0 Å². The highest BCUT2D eigenvalue weighted by atomic mass is 16.7. The summed E-state index contributed by atoms with van der Waals surface area (Å²) in [6, 6.07) is 4.96. The Morgan fingerprint density at radius 1 is 0.787 bits per heavy atom. The predicted molar refractivity (Wildman–Crippen MR) is 170 cm³/mol. The molecule has 0 spiro atoms. The van der Waals surface area contributed by atoms with E-state index in [0.29, 0.717) is 25.7 Å². The molecule has 47 heavy (non-hydrogen) atoms. The van der Waals surface area contributed by atoms with Crippen LogP contribution >= 0.6 is 0 Å². The summed E-state index contributed by atoms with van der Waals surface area (Å²) in [5.74, 6) is 5.19. The number of nitro benzene ring substituents is 1. The normalized spacial score (nSPS) is 15.3. The fraction of sp³-hybridized carbons (Fsp3) is 0.485. The zero-order valence-electron chi connectivity index (χ0n) is 26.0. The number of carbonyl (C=O) groups is 5. The second kappa shape index (κ2) is 19.8. The lowest BCUT2D eigenvalue weighted by atomic mass is 9.81. The maximum atomic E-state index is 13.6. The van der Waals surface area contributed by atoms with Gasteiger partial charge in [-0.3, -0.25) is 29.3 Å². The molecule has 1 aliphatic rings. The number of terminal acetylenes is 3. The number of nitro groups is 1. The van der Waals surface area contributed by atoms with Crippen LogP contribution in [-0.4, -0.2) is 66.0 Å². The van der Waals surface area contributed by atoms with Crippen LogP contribution in [0.25, 0.3) is 0 Å². The van der Waals surface area contributed by atoms with Gasteiger partial charge >= 0.3 is 6.16 Å². The van der Waals surface area contributed by atoms with Gasteiger partial charge in [0, 0.05) is 42.9 Å². The van der Waals surface area contributed by atoms with Gasteiger partial charge in [-0.25, -0.2) is 4.79 Å². The number of benzene rings is 1. The first-order valence-corrected chi connectivity index (χ1v) is 15.1. The Hall–Kier alpha value is -5.55. The van der Waals surface area contributed by atoms with Crippen LogP contribution in [0.5, 0.6) is 5.75 Å². The molecule has 1 aromatic rings. The highest BCUT2D eigenvalue weighted by molar-refractivity contribution is 5.81. The molecule has 0 radical (unpaired) electrons. The van der Waals surface area contributed by atoms with Crippen LogP contribution in [0, 0.1) is 53.1 Å². The zero-order valence-corrected chi connectivity index (χ0v) is 26.0. The lowest BCUT2D eigenvalue weighted by molar-refractivity contribution is -0.384. The second-order valence-electron chi connectivity index (χ2n) is 10.9. The Kier molecular flexibility index (Phi) is 15.8. The molecule has 0 atom stereocenters. The maximum Gasteiger partial charge on any atom is 0.514 e. The van der Waals surface area contributed by atoms with E-state index >= 15 is 0 Å². The summed E-state index contributed by atoms with van der Waals surface area (Å²) >= 11 is 0. The van der Waals surface area contributed by atoms with Crippen molar-refractivity contribution in [2.24, 2.45) is 5.92 Å². The molecule has 2 rings (SSSR count). The van der Waals surface area contributed by atoms with Crippen molar-refractivity contribution in [3.8, 4) is 42.8 Å². The fourth-order valence-electron chi connectivity index (χ4n) is 5.03. The summed E-state index contributed by atoms with van der Waals surface area (Å²) in [6.07, 6.45) is 15.9. The van der Waals surface area contributed by atoms with Crippen molar-refractivity contribution < 1.29 is 38.4 Å². The molecule has 1 saturated carbocycles. The van der Waals surface area contributed by atoms with Crippen molar-refractivity contribution >= 4 is 35.5 Å². The van der Waals surface area contributed by atoms with E-state index in [0.717, 1.165) is 0 Å². The van der Waals surface area contributed by atoms with E-state index in [9.17, 15) is 34.1 Å². The second-order valence-corrected chi connectivity index (χ2v) is 10.9. The summed E-state index contributed by atoms with van der Waals surface area (Å²) in [7, 11) is 0. The molecule has 0 aliphatic heterocycles. The first kappa shape index (κ1) is 37.6. The third kappa shape index (κ3) is 14.0. The molecule has 0 saturated heterocycles. The van der Waals surface area contributed by atoms with Crippen LogP contribution in [0.1, 0.15) is 64.2 Å². The van der Waals surface area contributed by atoms with Gasteiger partial charge in [-0.05, 0) is 57.1 Å². The third-order valence-corrected chi connectivity index (χ3v) is 7.60. The highest BCUT2D eigenvalue weighted by Crippen LogP contribution is 2.31. The topological polar surface area (TPSA) is 195 Å². The number of rotatable bonds is 17. The Morgan fingerprint density at radius 3 is 1.64 bits per heavy atom. The highest BCUT2D eigenvalue weighted by Gasteiger charge is 2.37. The Bertz CT molecular complexity index is 1310. The van der Waals surface area contributed by atoms with Crippen LogP contribution < -0.4 is 26.0 Å². The molecule has 1 fully saturated rings. The molecule has 1 aromatic carbocycles. The quantitative estimate of drug-likeness (QED) is 0.0643. The number of non-ortho nitro benzene ring substituents is 1. The largest absolute Gasteiger partial charge is 0.514 e. The minimum atomic E-state index is -1.12. The van der Waals surface area contributed by atoms with Crippen molar-refractivity contribution in [2.45, 2.75) is 75.9 Å². The van der Waals surface area contributed by atoms with Gasteiger partial charge in [0.2, 0.25) is 23.6 Å². The van der Waals surface area contributed by atoms with E-state index in [4.69, 9.17) is 28.7 Å². The minimum absolute atomic E-state index is 0.0217. The summed E-state index contributed by atoms with van der Waals surface area (Å²) in [5, 5.41) is 21.6. The van der Waals surface area contributed by atoms with Crippen molar-refractivity contribution in [1.82, 2.24) is 21.3 Å². The van der Waals surface area contributed by atoms with Crippen molar-refractivity contribution in [3.05, 3.63) is 34.4 Å². The van der Waals surface area contributed by atoms with E-state index in [1.165, 1.54) is 24.3 Å². The molecular weight excluding hydrogens is 610 g/mol. The Balaban J connectivity index is 2.10. The van der Waals surface area contributed by atoms with Gasteiger partial charge < -0.3 is 30.7 Å².